The molecule has 4 heterocycles. The van der Waals surface area contributed by atoms with E-state index in [0.29, 0.717) is 34.1 Å². The molecule has 1 saturated heterocycles. The quantitative estimate of drug-likeness (QED) is 0.155. The second-order valence-corrected chi connectivity index (χ2v) is 10.8. The first-order valence-electron chi connectivity index (χ1n) is 13.5. The summed E-state index contributed by atoms with van der Waals surface area (Å²) in [4.78, 5) is 39.9. The number of thiazole rings is 1. The lowest BCUT2D eigenvalue weighted by molar-refractivity contribution is -0.604. The molecular weight excluding hydrogens is 611 g/mol. The smallest absolute Gasteiger partial charge is 0.416 e. The number of carbonyl (C=O) groups is 2. The van der Waals surface area contributed by atoms with Crippen molar-refractivity contribution in [3.05, 3.63) is 96.4 Å². The van der Waals surface area contributed by atoms with Gasteiger partial charge in [-0.25, -0.2) is 19.7 Å². The van der Waals surface area contributed by atoms with Crippen LogP contribution in [-0.2, 0) is 11.0 Å². The SMILES string of the molecule is O=C(Nc1cnc(Oc2ccc(-c3cnc(N4CCCC4=O)s3)cc2)nc1)Nc1cc(C(F)(F)F)ccc1-c1ccc[n+]([O-])c1. The molecule has 0 bridgehead atoms. The summed E-state index contributed by atoms with van der Waals surface area (Å²) < 4.78 is 46.3. The van der Waals surface area contributed by atoms with Crippen molar-refractivity contribution in [2.24, 2.45) is 0 Å². The van der Waals surface area contributed by atoms with Gasteiger partial charge in [0.25, 0.3) is 0 Å². The summed E-state index contributed by atoms with van der Waals surface area (Å²) in [5.41, 5.74) is 0.445. The maximum absolute atomic E-state index is 13.4. The minimum atomic E-state index is -4.65. The summed E-state index contributed by atoms with van der Waals surface area (Å²) in [7, 11) is 0. The number of nitrogens with one attached hydrogen (secondary N) is 2. The Morgan fingerprint density at radius 2 is 1.78 bits per heavy atom. The highest BCUT2D eigenvalue weighted by Crippen LogP contribution is 2.36. The number of benzene rings is 2. The predicted octanol–water partition coefficient (Wildman–Crippen LogP) is 6.48. The number of aromatic nitrogens is 4. The molecule has 228 valence electrons. The Morgan fingerprint density at radius 1 is 1.00 bits per heavy atom. The summed E-state index contributed by atoms with van der Waals surface area (Å²) in [5.74, 6) is 0.530. The van der Waals surface area contributed by atoms with Crippen molar-refractivity contribution in [3.63, 3.8) is 0 Å². The van der Waals surface area contributed by atoms with E-state index in [9.17, 15) is 28.0 Å². The van der Waals surface area contributed by atoms with E-state index >= 15 is 0 Å². The number of rotatable bonds is 7. The second kappa shape index (κ2) is 12.2. The van der Waals surface area contributed by atoms with E-state index in [-0.39, 0.29) is 28.9 Å². The van der Waals surface area contributed by atoms with Gasteiger partial charge in [-0.3, -0.25) is 9.69 Å². The van der Waals surface area contributed by atoms with Crippen molar-refractivity contribution in [1.82, 2.24) is 15.0 Å². The number of pyridine rings is 1. The number of ether oxygens (including phenoxy) is 1. The van der Waals surface area contributed by atoms with E-state index in [0.717, 1.165) is 29.0 Å². The van der Waals surface area contributed by atoms with E-state index in [4.69, 9.17) is 4.74 Å². The molecule has 1 fully saturated rings. The molecule has 15 heteroatoms. The van der Waals surface area contributed by atoms with Crippen LogP contribution < -0.4 is 25.0 Å². The number of hydrogen-bond donors (Lipinski definition) is 2. The summed E-state index contributed by atoms with van der Waals surface area (Å²) in [6.45, 7) is 0.673. The van der Waals surface area contributed by atoms with Crippen LogP contribution in [0.1, 0.15) is 18.4 Å². The first kappa shape index (κ1) is 29.5. The molecule has 0 spiro atoms. The Labute approximate surface area is 257 Å². The fraction of sp³-hybridized carbons (Fsp3) is 0.133. The number of nitrogens with zero attached hydrogens (tertiary/aromatic N) is 5. The third-order valence-electron chi connectivity index (χ3n) is 6.71. The van der Waals surface area contributed by atoms with Crippen LogP contribution in [0.15, 0.2) is 85.6 Å². The first-order valence-corrected chi connectivity index (χ1v) is 14.3. The Bertz CT molecular complexity index is 1870. The van der Waals surface area contributed by atoms with Gasteiger partial charge < -0.3 is 20.6 Å². The number of hydrogen-bond acceptors (Lipinski definition) is 8. The van der Waals surface area contributed by atoms with Gasteiger partial charge in [0.15, 0.2) is 17.5 Å². The van der Waals surface area contributed by atoms with E-state index in [1.165, 1.54) is 54.3 Å². The van der Waals surface area contributed by atoms with Gasteiger partial charge in [-0.05, 0) is 54.4 Å². The first-order chi connectivity index (χ1) is 21.6. The summed E-state index contributed by atoms with van der Waals surface area (Å²) in [6, 6.07) is 12.1. The fourth-order valence-corrected chi connectivity index (χ4v) is 5.54. The molecule has 3 aromatic heterocycles. The third kappa shape index (κ3) is 6.83. The van der Waals surface area contributed by atoms with Crippen molar-refractivity contribution < 1.29 is 32.2 Å². The lowest BCUT2D eigenvalue weighted by Crippen LogP contribution is -2.24. The highest BCUT2D eigenvalue weighted by atomic mass is 32.1. The monoisotopic (exact) mass is 633 g/mol. The van der Waals surface area contributed by atoms with E-state index in [2.05, 4.69) is 25.6 Å². The second-order valence-electron chi connectivity index (χ2n) is 9.83. The van der Waals surface area contributed by atoms with Crippen LogP contribution >= 0.6 is 11.3 Å². The molecule has 0 saturated carbocycles. The van der Waals surface area contributed by atoms with Gasteiger partial charge in [0.2, 0.25) is 5.91 Å². The van der Waals surface area contributed by atoms with Crippen molar-refractivity contribution in [1.29, 1.82) is 0 Å². The minimum absolute atomic E-state index is 0.00325. The molecule has 2 N–H and O–H groups in total. The van der Waals surface area contributed by atoms with E-state index < -0.39 is 17.8 Å². The van der Waals surface area contributed by atoms with Crippen LogP contribution in [0.25, 0.3) is 21.6 Å². The van der Waals surface area contributed by atoms with Gasteiger partial charge in [0.05, 0.1) is 34.2 Å². The lowest BCUT2D eigenvalue weighted by Gasteiger charge is -2.15. The minimum Gasteiger partial charge on any atom is -0.619 e. The highest BCUT2D eigenvalue weighted by molar-refractivity contribution is 7.19. The molecule has 6 rings (SSSR count). The summed E-state index contributed by atoms with van der Waals surface area (Å²) in [6.07, 6.45) is 3.40. The van der Waals surface area contributed by atoms with Crippen LogP contribution in [0.2, 0.25) is 0 Å². The van der Waals surface area contributed by atoms with Gasteiger partial charge >= 0.3 is 18.2 Å². The summed E-state index contributed by atoms with van der Waals surface area (Å²) in [5, 5.41) is 17.3. The average molecular weight is 634 g/mol. The Kier molecular flexibility index (Phi) is 8.00. The number of anilines is 3. The van der Waals surface area contributed by atoms with Crippen molar-refractivity contribution >= 4 is 39.8 Å². The molecule has 0 radical (unpaired) electrons. The fourth-order valence-electron chi connectivity index (χ4n) is 4.57. The van der Waals surface area contributed by atoms with Gasteiger partial charge in [-0.2, -0.15) is 17.9 Å². The topological polar surface area (TPSA) is 136 Å². The molecule has 1 aliphatic heterocycles. The van der Waals surface area contributed by atoms with E-state index in [1.54, 1.807) is 23.2 Å². The Hall–Kier alpha value is -5.57. The van der Waals surface area contributed by atoms with Gasteiger partial charge in [0.1, 0.15) is 5.75 Å². The highest BCUT2D eigenvalue weighted by Gasteiger charge is 2.31. The number of halogens is 3. The van der Waals surface area contributed by atoms with Crippen LogP contribution in [0.4, 0.5) is 34.5 Å². The molecule has 2 aromatic carbocycles. The zero-order valence-electron chi connectivity index (χ0n) is 23.1. The maximum Gasteiger partial charge on any atom is 0.416 e. The van der Waals surface area contributed by atoms with Crippen LogP contribution in [0.3, 0.4) is 0 Å². The summed E-state index contributed by atoms with van der Waals surface area (Å²) >= 11 is 1.43. The largest absolute Gasteiger partial charge is 0.619 e. The van der Waals surface area contributed by atoms with Crippen molar-refractivity contribution in [2.75, 3.05) is 22.1 Å². The molecule has 11 nitrogen and oxygen atoms in total. The lowest BCUT2D eigenvalue weighted by atomic mass is 10.0. The van der Waals surface area contributed by atoms with Gasteiger partial charge in [0, 0.05) is 36.4 Å². The van der Waals surface area contributed by atoms with Gasteiger partial charge in [-0.15, -0.1) is 0 Å². The number of carbonyl (C=O) groups excluding carboxylic acids is 2. The van der Waals surface area contributed by atoms with Crippen molar-refractivity contribution in [2.45, 2.75) is 19.0 Å². The van der Waals surface area contributed by atoms with Crippen LogP contribution in [0, 0.1) is 5.21 Å². The molecule has 0 unspecified atom stereocenters. The normalized spacial score (nSPS) is 13.1. The van der Waals surface area contributed by atoms with Crippen molar-refractivity contribution in [3.8, 4) is 33.3 Å². The zero-order valence-corrected chi connectivity index (χ0v) is 23.9. The average Bonchev–Trinajstić information content (AvgIpc) is 3.67. The maximum atomic E-state index is 13.4. The van der Waals surface area contributed by atoms with Gasteiger partial charge in [-0.1, -0.05) is 17.4 Å². The number of amides is 3. The van der Waals surface area contributed by atoms with E-state index in [1.807, 2.05) is 12.1 Å². The molecule has 3 amide bonds. The molecular formula is C30H22F3N7O4S. The standard InChI is InChI=1S/C30H22F3N7O4S/c31-30(32,33)20-7-10-23(19-3-1-11-39(43)17-19)24(13-20)38-27(42)37-21-14-34-28(35-15-21)44-22-8-5-18(6-9-22)25-16-36-29(45-25)40-12-2-4-26(40)41/h1,3,5-11,13-17H,2,4,12H2,(H2,37,38,42). The third-order valence-corrected chi connectivity index (χ3v) is 7.78. The van der Waals surface area contributed by atoms with Crippen LogP contribution in [0.5, 0.6) is 11.8 Å². The molecule has 0 atom stereocenters. The predicted molar refractivity (Wildman–Crippen MR) is 160 cm³/mol. The number of urea groups is 1. The number of alkyl halides is 3. The molecule has 45 heavy (non-hydrogen) atoms. The molecule has 0 aliphatic carbocycles. The Morgan fingerprint density at radius 3 is 2.47 bits per heavy atom. The molecule has 1 aliphatic rings. The Balaban J connectivity index is 1.10. The van der Waals surface area contributed by atoms with Crippen LogP contribution in [-0.4, -0.2) is 33.4 Å². The zero-order chi connectivity index (χ0) is 31.6. The molecule has 5 aromatic rings.